The van der Waals surface area contributed by atoms with Crippen molar-refractivity contribution in [3.63, 3.8) is 0 Å². The summed E-state index contributed by atoms with van der Waals surface area (Å²) in [5.41, 5.74) is -0.0963. The molecule has 0 aliphatic carbocycles. The number of phenols is 4. The zero-order chi connectivity index (χ0) is 22.4. The summed E-state index contributed by atoms with van der Waals surface area (Å²) < 4.78 is 16.6. The molecule has 166 valence electrons. The first-order chi connectivity index (χ1) is 14.7. The van der Waals surface area contributed by atoms with E-state index in [4.69, 9.17) is 14.2 Å². The molecular weight excluding hydrogens is 416 g/mol. The summed E-state index contributed by atoms with van der Waals surface area (Å²) in [6.07, 6.45) is -8.95. The van der Waals surface area contributed by atoms with Gasteiger partial charge in [0.1, 0.15) is 41.1 Å². The van der Waals surface area contributed by atoms with Crippen LogP contribution in [-0.4, -0.2) is 78.8 Å². The molecule has 0 spiro atoms. The van der Waals surface area contributed by atoms with Gasteiger partial charge in [-0.3, -0.25) is 4.79 Å². The predicted molar refractivity (Wildman–Crippen MR) is 99.9 cm³/mol. The maximum Gasteiger partial charge on any atom is 0.203 e. The van der Waals surface area contributed by atoms with Crippen molar-refractivity contribution in [2.45, 2.75) is 36.8 Å². The Morgan fingerprint density at radius 1 is 0.903 bits per heavy atom. The molecule has 1 fully saturated rings. The number of hydrogen-bond acceptors (Lipinski definition) is 11. The number of ketones is 1. The molecule has 11 nitrogen and oxygen atoms in total. The number of carbonyl (C=O) groups is 1. The van der Waals surface area contributed by atoms with E-state index in [-0.39, 0.29) is 29.2 Å². The number of carbonyl (C=O) groups excluding carboxylic acids is 1. The van der Waals surface area contributed by atoms with Crippen molar-refractivity contribution < 1.29 is 54.8 Å². The number of phenolic OH excluding ortho intramolecular Hbond substituents is 4. The molecule has 31 heavy (non-hydrogen) atoms. The van der Waals surface area contributed by atoms with Crippen molar-refractivity contribution in [3.8, 4) is 28.7 Å². The first kappa shape index (κ1) is 21.2. The summed E-state index contributed by atoms with van der Waals surface area (Å²) in [7, 11) is 0. The second-order valence-electron chi connectivity index (χ2n) is 7.30. The van der Waals surface area contributed by atoms with Crippen LogP contribution in [0.5, 0.6) is 28.7 Å². The van der Waals surface area contributed by atoms with Crippen LogP contribution < -0.4 is 4.74 Å². The lowest BCUT2D eigenvalue weighted by molar-refractivity contribution is -0.283. The standard InChI is InChI=1S/C20H20O11/c21-8-4-11(24)14-13(5-8)30-18(7-1-2-9(22)10(23)3-7)19(16(14)27)31-20-17(28)15(26)12(25)6-29-20/h1-5,12,15,17-26,28H,6H2/t12-,15-,17+,18-,19+,20-/m1/s1. The van der Waals surface area contributed by atoms with Gasteiger partial charge < -0.3 is 50.0 Å². The summed E-state index contributed by atoms with van der Waals surface area (Å²) in [5, 5.41) is 69.0. The van der Waals surface area contributed by atoms with E-state index in [1.807, 2.05) is 0 Å². The minimum Gasteiger partial charge on any atom is -0.508 e. The molecule has 7 N–H and O–H groups in total. The second kappa shape index (κ2) is 7.87. The molecule has 0 amide bonds. The maximum atomic E-state index is 13.2. The normalized spacial score (nSPS) is 30.5. The highest BCUT2D eigenvalue weighted by Gasteiger charge is 2.46. The quantitative estimate of drug-likeness (QED) is 0.312. The summed E-state index contributed by atoms with van der Waals surface area (Å²) in [4.78, 5) is 13.2. The molecule has 0 radical (unpaired) electrons. The average molecular weight is 436 g/mol. The number of hydrogen-bond donors (Lipinski definition) is 7. The van der Waals surface area contributed by atoms with Gasteiger partial charge in [-0.15, -0.1) is 0 Å². The molecule has 2 aliphatic rings. The maximum absolute atomic E-state index is 13.2. The van der Waals surface area contributed by atoms with Crippen LogP contribution in [0.1, 0.15) is 22.0 Å². The average Bonchev–Trinajstić information content (AvgIpc) is 2.71. The fourth-order valence-corrected chi connectivity index (χ4v) is 3.54. The molecular formula is C20H20O11. The smallest absolute Gasteiger partial charge is 0.203 e. The number of fused-ring (bicyclic) bond motifs is 1. The van der Waals surface area contributed by atoms with Crippen LogP contribution in [0.15, 0.2) is 30.3 Å². The molecule has 2 aromatic carbocycles. The van der Waals surface area contributed by atoms with Gasteiger partial charge in [-0.25, -0.2) is 0 Å². The van der Waals surface area contributed by atoms with Crippen molar-refractivity contribution in [2.75, 3.05) is 6.61 Å². The lowest BCUT2D eigenvalue weighted by Gasteiger charge is -2.39. The van der Waals surface area contributed by atoms with Crippen LogP contribution in [0.3, 0.4) is 0 Å². The minimum absolute atomic E-state index is 0.152. The van der Waals surface area contributed by atoms with Crippen LogP contribution >= 0.6 is 0 Å². The largest absolute Gasteiger partial charge is 0.508 e. The SMILES string of the molecule is O=C1c2c(O)cc(O)cc2O[C@H](c2ccc(O)c(O)c2)[C@H]1O[C@H]1OC[C@@H](O)[C@@H](O)[C@@H]1O. The molecule has 0 bridgehead atoms. The van der Waals surface area contributed by atoms with E-state index in [9.17, 15) is 40.5 Å². The Balaban J connectivity index is 1.74. The summed E-state index contributed by atoms with van der Waals surface area (Å²) in [6.45, 7) is -0.370. The number of aliphatic hydroxyl groups excluding tert-OH is 3. The topological polar surface area (TPSA) is 186 Å². The van der Waals surface area contributed by atoms with Crippen LogP contribution in [0.2, 0.25) is 0 Å². The van der Waals surface area contributed by atoms with E-state index in [0.717, 1.165) is 24.3 Å². The number of Topliss-reactive ketones (excluding diaryl/α,β-unsaturated/α-hetero) is 1. The van der Waals surface area contributed by atoms with E-state index in [2.05, 4.69) is 0 Å². The van der Waals surface area contributed by atoms with Crippen LogP contribution in [0.25, 0.3) is 0 Å². The zero-order valence-corrected chi connectivity index (χ0v) is 15.8. The fraction of sp³-hybridized carbons (Fsp3) is 0.350. The Hall–Kier alpha value is -3.09. The van der Waals surface area contributed by atoms with Gasteiger partial charge in [-0.1, -0.05) is 6.07 Å². The lowest BCUT2D eigenvalue weighted by Crippen LogP contribution is -2.56. The third-order valence-electron chi connectivity index (χ3n) is 5.16. The highest BCUT2D eigenvalue weighted by atomic mass is 16.7. The zero-order valence-electron chi connectivity index (χ0n) is 15.8. The second-order valence-corrected chi connectivity index (χ2v) is 7.30. The Morgan fingerprint density at radius 3 is 2.35 bits per heavy atom. The molecule has 1 saturated heterocycles. The van der Waals surface area contributed by atoms with E-state index < -0.39 is 59.8 Å². The first-order valence-corrected chi connectivity index (χ1v) is 9.27. The lowest BCUT2D eigenvalue weighted by atomic mass is 9.92. The minimum atomic E-state index is -1.69. The molecule has 2 heterocycles. The van der Waals surface area contributed by atoms with Crippen molar-refractivity contribution in [2.24, 2.45) is 0 Å². The molecule has 11 heteroatoms. The van der Waals surface area contributed by atoms with Crippen LogP contribution in [0.4, 0.5) is 0 Å². The molecule has 6 atom stereocenters. The van der Waals surface area contributed by atoms with Gasteiger partial charge in [-0.05, 0) is 17.7 Å². The first-order valence-electron chi connectivity index (χ1n) is 9.27. The molecule has 0 saturated carbocycles. The molecule has 2 aliphatic heterocycles. The highest BCUT2D eigenvalue weighted by molar-refractivity contribution is 6.05. The molecule has 4 rings (SSSR count). The van der Waals surface area contributed by atoms with Gasteiger partial charge in [0.2, 0.25) is 5.78 Å². The van der Waals surface area contributed by atoms with Gasteiger partial charge in [0.15, 0.2) is 30.0 Å². The number of benzene rings is 2. The Kier molecular flexibility index (Phi) is 5.37. The van der Waals surface area contributed by atoms with E-state index >= 15 is 0 Å². The molecule has 0 unspecified atom stereocenters. The van der Waals surface area contributed by atoms with Gasteiger partial charge in [0, 0.05) is 12.1 Å². The van der Waals surface area contributed by atoms with Crippen molar-refractivity contribution in [3.05, 3.63) is 41.5 Å². The molecule has 0 aromatic heterocycles. The Labute approximate surface area is 174 Å². The van der Waals surface area contributed by atoms with Crippen molar-refractivity contribution >= 4 is 5.78 Å². The van der Waals surface area contributed by atoms with Gasteiger partial charge in [-0.2, -0.15) is 0 Å². The van der Waals surface area contributed by atoms with Crippen LogP contribution in [0, 0.1) is 0 Å². The van der Waals surface area contributed by atoms with Crippen LogP contribution in [-0.2, 0) is 9.47 Å². The van der Waals surface area contributed by atoms with Gasteiger partial charge >= 0.3 is 0 Å². The number of ether oxygens (including phenoxy) is 3. The monoisotopic (exact) mass is 436 g/mol. The van der Waals surface area contributed by atoms with Crippen molar-refractivity contribution in [1.29, 1.82) is 0 Å². The number of aliphatic hydroxyl groups is 3. The Morgan fingerprint density at radius 2 is 1.65 bits per heavy atom. The summed E-state index contributed by atoms with van der Waals surface area (Å²) in [6, 6.07) is 5.71. The summed E-state index contributed by atoms with van der Waals surface area (Å²) >= 11 is 0. The number of rotatable bonds is 3. The van der Waals surface area contributed by atoms with E-state index in [1.54, 1.807) is 0 Å². The van der Waals surface area contributed by atoms with E-state index in [0.29, 0.717) is 0 Å². The van der Waals surface area contributed by atoms with Crippen molar-refractivity contribution in [1.82, 2.24) is 0 Å². The third kappa shape index (κ3) is 3.73. The van der Waals surface area contributed by atoms with E-state index in [1.165, 1.54) is 6.07 Å². The van der Waals surface area contributed by atoms with Gasteiger partial charge in [0.25, 0.3) is 0 Å². The Bertz CT molecular complexity index is 1010. The summed E-state index contributed by atoms with van der Waals surface area (Å²) in [5.74, 6) is -2.78. The molecule has 2 aromatic rings. The van der Waals surface area contributed by atoms with Gasteiger partial charge in [0.05, 0.1) is 6.61 Å². The third-order valence-corrected chi connectivity index (χ3v) is 5.16. The predicted octanol–water partition coefficient (Wildman–Crippen LogP) is -0.350. The number of aromatic hydroxyl groups is 4. The fourth-order valence-electron chi connectivity index (χ4n) is 3.54. The highest BCUT2D eigenvalue weighted by Crippen LogP contribution is 2.44.